The van der Waals surface area contributed by atoms with E-state index in [4.69, 9.17) is 0 Å². The molecule has 0 saturated carbocycles. The van der Waals surface area contributed by atoms with Crippen molar-refractivity contribution in [2.45, 2.75) is 25.9 Å². The third-order valence-corrected chi connectivity index (χ3v) is 4.29. The third kappa shape index (κ3) is 2.69. The van der Waals surface area contributed by atoms with Crippen LogP contribution >= 0.6 is 0 Å². The maximum absolute atomic E-state index is 9.97. The largest absolute Gasteiger partial charge is 0.507 e. The number of phenols is 2. The van der Waals surface area contributed by atoms with E-state index in [0.29, 0.717) is 17.5 Å². The van der Waals surface area contributed by atoms with Crippen LogP contribution in [-0.2, 0) is 0 Å². The van der Waals surface area contributed by atoms with Crippen LogP contribution in [-0.4, -0.2) is 53.2 Å². The van der Waals surface area contributed by atoms with Gasteiger partial charge in [-0.15, -0.1) is 0 Å². The van der Waals surface area contributed by atoms with Gasteiger partial charge in [0, 0.05) is 25.2 Å². The SMILES string of the molecule is CC1CN(C(C)c2c(O)cccc2O)CC1N(C)C. The third-order valence-electron chi connectivity index (χ3n) is 4.29. The Morgan fingerprint density at radius 3 is 2.26 bits per heavy atom. The van der Waals surface area contributed by atoms with Crippen LogP contribution in [0.5, 0.6) is 11.5 Å². The second-order valence-electron chi connectivity index (χ2n) is 5.85. The standard InChI is InChI=1S/C15H24N2O2/c1-10-8-17(9-12(10)16(3)4)11(2)15-13(18)6-5-7-14(15)19/h5-7,10-12,18-19H,8-9H2,1-4H3. The highest BCUT2D eigenvalue weighted by Gasteiger charge is 2.35. The highest BCUT2D eigenvalue weighted by Crippen LogP contribution is 2.38. The van der Waals surface area contributed by atoms with Crippen LogP contribution in [0.4, 0.5) is 0 Å². The first-order valence-corrected chi connectivity index (χ1v) is 6.83. The minimum Gasteiger partial charge on any atom is -0.507 e. The summed E-state index contributed by atoms with van der Waals surface area (Å²) in [5, 5.41) is 19.9. The molecule has 4 heteroatoms. The number of aromatic hydroxyl groups is 2. The lowest BCUT2D eigenvalue weighted by atomic mass is 10.0. The zero-order chi connectivity index (χ0) is 14.2. The lowest BCUT2D eigenvalue weighted by Crippen LogP contribution is -2.34. The molecule has 1 saturated heterocycles. The summed E-state index contributed by atoms with van der Waals surface area (Å²) in [6.07, 6.45) is 0. The number of likely N-dealkylation sites (tertiary alicyclic amines) is 1. The summed E-state index contributed by atoms with van der Waals surface area (Å²) in [5.41, 5.74) is 0.633. The van der Waals surface area contributed by atoms with E-state index >= 15 is 0 Å². The van der Waals surface area contributed by atoms with Gasteiger partial charge in [-0.3, -0.25) is 4.90 Å². The minimum absolute atomic E-state index is 0.0219. The molecule has 1 aromatic rings. The molecule has 19 heavy (non-hydrogen) atoms. The van der Waals surface area contributed by atoms with Crippen molar-refractivity contribution in [1.29, 1.82) is 0 Å². The van der Waals surface area contributed by atoms with Crippen LogP contribution < -0.4 is 0 Å². The van der Waals surface area contributed by atoms with Crippen molar-refractivity contribution >= 4 is 0 Å². The molecule has 3 unspecified atom stereocenters. The first kappa shape index (κ1) is 14.2. The average molecular weight is 264 g/mol. The van der Waals surface area contributed by atoms with Gasteiger partial charge in [-0.1, -0.05) is 13.0 Å². The Labute approximate surface area is 115 Å². The second-order valence-corrected chi connectivity index (χ2v) is 5.85. The zero-order valence-electron chi connectivity index (χ0n) is 12.2. The summed E-state index contributed by atoms with van der Waals surface area (Å²) >= 11 is 0. The summed E-state index contributed by atoms with van der Waals surface area (Å²) in [6.45, 7) is 6.24. The van der Waals surface area contributed by atoms with E-state index in [0.717, 1.165) is 13.1 Å². The number of benzene rings is 1. The molecule has 3 atom stereocenters. The van der Waals surface area contributed by atoms with E-state index in [1.807, 2.05) is 6.92 Å². The van der Waals surface area contributed by atoms with E-state index < -0.39 is 0 Å². The Hall–Kier alpha value is -1.26. The molecule has 1 heterocycles. The molecule has 2 rings (SSSR count). The van der Waals surface area contributed by atoms with E-state index in [9.17, 15) is 10.2 Å². The predicted molar refractivity (Wildman–Crippen MR) is 76.4 cm³/mol. The number of nitrogens with zero attached hydrogens (tertiary/aromatic N) is 2. The Morgan fingerprint density at radius 2 is 1.79 bits per heavy atom. The smallest absolute Gasteiger partial charge is 0.124 e. The topological polar surface area (TPSA) is 46.9 Å². The molecule has 1 fully saturated rings. The fourth-order valence-corrected chi connectivity index (χ4v) is 3.13. The van der Waals surface area contributed by atoms with Crippen LogP contribution in [0.1, 0.15) is 25.5 Å². The van der Waals surface area contributed by atoms with Gasteiger partial charge >= 0.3 is 0 Å². The first-order valence-electron chi connectivity index (χ1n) is 6.83. The molecule has 0 radical (unpaired) electrons. The van der Waals surface area contributed by atoms with Crippen molar-refractivity contribution in [2.24, 2.45) is 5.92 Å². The van der Waals surface area contributed by atoms with Gasteiger partial charge in [-0.25, -0.2) is 0 Å². The van der Waals surface area contributed by atoms with E-state index in [-0.39, 0.29) is 17.5 Å². The quantitative estimate of drug-likeness (QED) is 0.877. The zero-order valence-corrected chi connectivity index (χ0v) is 12.2. The van der Waals surface area contributed by atoms with Crippen LogP contribution in [0.25, 0.3) is 0 Å². The molecule has 1 aliphatic heterocycles. The van der Waals surface area contributed by atoms with Crippen molar-refractivity contribution in [3.05, 3.63) is 23.8 Å². The Bertz CT molecular complexity index is 428. The number of hydrogen-bond acceptors (Lipinski definition) is 4. The van der Waals surface area contributed by atoms with Gasteiger partial charge in [0.2, 0.25) is 0 Å². The molecular formula is C15H24N2O2. The maximum atomic E-state index is 9.97. The van der Waals surface area contributed by atoms with Crippen molar-refractivity contribution in [3.8, 4) is 11.5 Å². The molecule has 0 spiro atoms. The van der Waals surface area contributed by atoms with Gasteiger partial charge < -0.3 is 15.1 Å². The number of hydrogen-bond donors (Lipinski definition) is 2. The summed E-state index contributed by atoms with van der Waals surface area (Å²) in [5.74, 6) is 0.937. The van der Waals surface area contributed by atoms with Crippen LogP contribution in [0.2, 0.25) is 0 Å². The second kappa shape index (κ2) is 5.39. The monoisotopic (exact) mass is 264 g/mol. The molecule has 4 nitrogen and oxygen atoms in total. The lowest BCUT2D eigenvalue weighted by molar-refractivity contribution is 0.221. The van der Waals surface area contributed by atoms with Gasteiger partial charge in [0.15, 0.2) is 0 Å². The minimum atomic E-state index is 0.0219. The molecule has 2 N–H and O–H groups in total. The molecule has 0 aromatic heterocycles. The fraction of sp³-hybridized carbons (Fsp3) is 0.600. The van der Waals surface area contributed by atoms with Gasteiger partial charge in [-0.2, -0.15) is 0 Å². The molecule has 0 amide bonds. The number of phenolic OH excluding ortho intramolecular Hbond substituents is 2. The van der Waals surface area contributed by atoms with Gasteiger partial charge in [0.1, 0.15) is 11.5 Å². The van der Waals surface area contributed by atoms with Crippen LogP contribution in [0.15, 0.2) is 18.2 Å². The molecule has 106 valence electrons. The number of likely N-dealkylation sites (N-methyl/N-ethyl adjacent to an activating group) is 1. The van der Waals surface area contributed by atoms with E-state index in [1.54, 1.807) is 18.2 Å². The van der Waals surface area contributed by atoms with Crippen molar-refractivity contribution in [3.63, 3.8) is 0 Å². The molecule has 1 aromatic carbocycles. The van der Waals surface area contributed by atoms with Gasteiger partial charge in [-0.05, 0) is 39.1 Å². The lowest BCUT2D eigenvalue weighted by Gasteiger charge is -2.27. The molecule has 0 bridgehead atoms. The number of rotatable bonds is 3. The summed E-state index contributed by atoms with van der Waals surface area (Å²) < 4.78 is 0. The Kier molecular flexibility index (Phi) is 4.02. The van der Waals surface area contributed by atoms with Crippen LogP contribution in [0, 0.1) is 5.92 Å². The van der Waals surface area contributed by atoms with E-state index in [1.165, 1.54) is 0 Å². The van der Waals surface area contributed by atoms with Crippen LogP contribution in [0.3, 0.4) is 0 Å². The van der Waals surface area contributed by atoms with Crippen molar-refractivity contribution in [2.75, 3.05) is 27.2 Å². The highest BCUT2D eigenvalue weighted by atomic mass is 16.3. The van der Waals surface area contributed by atoms with Crippen molar-refractivity contribution in [1.82, 2.24) is 9.80 Å². The summed E-state index contributed by atoms with van der Waals surface area (Å²) in [7, 11) is 4.21. The van der Waals surface area contributed by atoms with E-state index in [2.05, 4.69) is 30.8 Å². The highest BCUT2D eigenvalue weighted by molar-refractivity contribution is 5.45. The Morgan fingerprint density at radius 1 is 1.21 bits per heavy atom. The fourth-order valence-electron chi connectivity index (χ4n) is 3.13. The predicted octanol–water partition coefficient (Wildman–Crippen LogP) is 2.04. The summed E-state index contributed by atoms with van der Waals surface area (Å²) in [6, 6.07) is 5.48. The molecule has 0 aliphatic carbocycles. The summed E-state index contributed by atoms with van der Waals surface area (Å²) in [4.78, 5) is 4.58. The molecule has 1 aliphatic rings. The molecular weight excluding hydrogens is 240 g/mol. The van der Waals surface area contributed by atoms with Crippen molar-refractivity contribution < 1.29 is 10.2 Å². The van der Waals surface area contributed by atoms with Gasteiger partial charge in [0.05, 0.1) is 5.56 Å². The normalized spacial score (nSPS) is 25.9. The Balaban J connectivity index is 2.20. The average Bonchev–Trinajstić information content (AvgIpc) is 2.71. The van der Waals surface area contributed by atoms with Gasteiger partial charge in [0.25, 0.3) is 0 Å². The maximum Gasteiger partial charge on any atom is 0.124 e. The first-order chi connectivity index (χ1) is 8.91.